The predicted molar refractivity (Wildman–Crippen MR) is 80.7 cm³/mol. The molecule has 0 N–H and O–H groups in total. The number of nitrogens with zero attached hydrogens (tertiary/aromatic N) is 4. The van der Waals surface area contributed by atoms with Crippen LogP contribution >= 0.6 is 34.8 Å². The first-order valence-electron chi connectivity index (χ1n) is 5.80. The van der Waals surface area contributed by atoms with E-state index in [1.807, 2.05) is 30.3 Å². The molecular weight excluding hydrogens is 335 g/mol. The first kappa shape index (κ1) is 14.1. The van der Waals surface area contributed by atoms with Crippen LogP contribution in [0.3, 0.4) is 0 Å². The number of halogens is 3. The Morgan fingerprint density at radius 1 is 1.00 bits per heavy atom. The molecule has 2 heterocycles. The lowest BCUT2D eigenvalue weighted by Gasteiger charge is -2.04. The molecule has 3 aromatic rings. The van der Waals surface area contributed by atoms with Crippen molar-refractivity contribution in [2.45, 2.75) is 0 Å². The third kappa shape index (κ3) is 3.10. The molecule has 0 fully saturated rings. The minimum Gasteiger partial charge on any atom is -0.402 e. The van der Waals surface area contributed by atoms with Crippen LogP contribution in [0, 0.1) is 0 Å². The maximum Gasteiger partial charge on any atom is 0.342 e. The van der Waals surface area contributed by atoms with E-state index in [4.69, 9.17) is 39.5 Å². The lowest BCUT2D eigenvalue weighted by Crippen LogP contribution is -1.96. The molecule has 0 unspecified atom stereocenters. The normalized spacial score (nSPS) is 10.6. The van der Waals surface area contributed by atoms with Crippen LogP contribution < -0.4 is 4.74 Å². The van der Waals surface area contributed by atoms with E-state index in [9.17, 15) is 0 Å². The molecule has 0 amide bonds. The van der Waals surface area contributed by atoms with Gasteiger partial charge in [-0.05, 0) is 18.2 Å². The summed E-state index contributed by atoms with van der Waals surface area (Å²) in [7, 11) is 0. The van der Waals surface area contributed by atoms with Gasteiger partial charge < -0.3 is 4.74 Å². The third-order valence-corrected chi connectivity index (χ3v) is 3.48. The van der Waals surface area contributed by atoms with E-state index >= 15 is 0 Å². The van der Waals surface area contributed by atoms with Gasteiger partial charge in [0.1, 0.15) is 11.3 Å². The summed E-state index contributed by atoms with van der Waals surface area (Å²) in [6, 6.07) is 11.0. The van der Waals surface area contributed by atoms with Gasteiger partial charge in [-0.25, -0.2) is 4.68 Å². The van der Waals surface area contributed by atoms with Crippen LogP contribution in [-0.4, -0.2) is 19.7 Å². The molecule has 1 aromatic carbocycles. The Balaban J connectivity index is 1.87. The summed E-state index contributed by atoms with van der Waals surface area (Å²) in [4.78, 5) is 7.98. The Morgan fingerprint density at radius 2 is 1.76 bits per heavy atom. The number of benzene rings is 1. The summed E-state index contributed by atoms with van der Waals surface area (Å²) in [5, 5.41) is 4.74. The van der Waals surface area contributed by atoms with Crippen molar-refractivity contribution in [3.05, 3.63) is 57.9 Å². The molecule has 0 saturated carbocycles. The SMILES string of the molecule is Clc1cc(Cl)c(Oc2ncn(-c3ccccc3)n2)nc1Cl. The Bertz CT molecular complexity index is 776. The molecule has 0 aliphatic rings. The second-order valence-corrected chi connectivity index (χ2v) is 5.13. The molecule has 0 radical (unpaired) electrons. The number of pyridine rings is 1. The Morgan fingerprint density at radius 3 is 2.52 bits per heavy atom. The maximum atomic E-state index is 5.98. The fraction of sp³-hybridized carbons (Fsp3) is 0. The zero-order chi connectivity index (χ0) is 14.8. The summed E-state index contributed by atoms with van der Waals surface area (Å²) in [5.74, 6) is 0.0943. The first-order valence-corrected chi connectivity index (χ1v) is 6.93. The summed E-state index contributed by atoms with van der Waals surface area (Å²) in [6.07, 6.45) is 1.52. The zero-order valence-corrected chi connectivity index (χ0v) is 12.6. The van der Waals surface area contributed by atoms with Crippen molar-refractivity contribution < 1.29 is 4.74 Å². The monoisotopic (exact) mass is 340 g/mol. The predicted octanol–water partition coefficient (Wildman–Crippen LogP) is 4.41. The Kier molecular flexibility index (Phi) is 3.96. The molecule has 0 saturated heterocycles. The molecule has 0 aliphatic heterocycles. The highest BCUT2D eigenvalue weighted by Gasteiger charge is 2.12. The minimum absolute atomic E-state index is 0.0943. The molecule has 8 heteroatoms. The standard InChI is InChI=1S/C13H7Cl3N4O/c14-9-6-10(15)12(18-11(9)16)21-13-17-7-20(19-13)8-4-2-1-3-5-8/h1-7H. The van der Waals surface area contributed by atoms with Crippen molar-refractivity contribution in [3.8, 4) is 17.6 Å². The van der Waals surface area contributed by atoms with Crippen molar-refractivity contribution >= 4 is 34.8 Å². The van der Waals surface area contributed by atoms with E-state index < -0.39 is 0 Å². The summed E-state index contributed by atoms with van der Waals surface area (Å²) < 4.78 is 6.99. The minimum atomic E-state index is 0.0943. The van der Waals surface area contributed by atoms with Crippen molar-refractivity contribution in [3.63, 3.8) is 0 Å². The highest BCUT2D eigenvalue weighted by Crippen LogP contribution is 2.32. The number of hydrogen-bond acceptors (Lipinski definition) is 4. The topological polar surface area (TPSA) is 52.8 Å². The van der Waals surface area contributed by atoms with Gasteiger partial charge in [0, 0.05) is 0 Å². The number of aromatic nitrogens is 4. The molecule has 0 bridgehead atoms. The smallest absolute Gasteiger partial charge is 0.342 e. The molecule has 3 rings (SSSR count). The molecule has 2 aromatic heterocycles. The second-order valence-electron chi connectivity index (χ2n) is 3.96. The van der Waals surface area contributed by atoms with Gasteiger partial charge in [-0.2, -0.15) is 9.97 Å². The molecule has 0 aliphatic carbocycles. The van der Waals surface area contributed by atoms with Crippen LogP contribution in [0.15, 0.2) is 42.7 Å². The summed E-state index contributed by atoms with van der Waals surface area (Å²) in [6.45, 7) is 0. The molecule has 0 spiro atoms. The average molecular weight is 342 g/mol. The largest absolute Gasteiger partial charge is 0.402 e. The van der Waals surface area contributed by atoms with Crippen LogP contribution in [0.4, 0.5) is 0 Å². The van der Waals surface area contributed by atoms with E-state index in [2.05, 4.69) is 15.1 Å². The van der Waals surface area contributed by atoms with Gasteiger partial charge in [0.25, 0.3) is 0 Å². The lowest BCUT2D eigenvalue weighted by molar-refractivity contribution is 0.425. The Hall–Kier alpha value is -1.82. The van der Waals surface area contributed by atoms with E-state index in [1.165, 1.54) is 12.4 Å². The van der Waals surface area contributed by atoms with E-state index in [-0.39, 0.29) is 27.1 Å². The van der Waals surface area contributed by atoms with Crippen LogP contribution in [0.2, 0.25) is 15.2 Å². The van der Waals surface area contributed by atoms with E-state index in [1.54, 1.807) is 4.68 Å². The van der Waals surface area contributed by atoms with Gasteiger partial charge in [-0.15, -0.1) is 5.10 Å². The third-order valence-electron chi connectivity index (χ3n) is 2.53. The molecule has 21 heavy (non-hydrogen) atoms. The van der Waals surface area contributed by atoms with Gasteiger partial charge >= 0.3 is 6.01 Å². The van der Waals surface area contributed by atoms with Gasteiger partial charge in [0.15, 0.2) is 5.15 Å². The summed E-state index contributed by atoms with van der Waals surface area (Å²) >= 11 is 17.6. The van der Waals surface area contributed by atoms with E-state index in [0.29, 0.717) is 0 Å². The van der Waals surface area contributed by atoms with Gasteiger partial charge in [-0.1, -0.05) is 53.0 Å². The molecule has 106 valence electrons. The van der Waals surface area contributed by atoms with Crippen molar-refractivity contribution in [1.82, 2.24) is 19.7 Å². The second kappa shape index (κ2) is 5.89. The molecular formula is C13H7Cl3N4O. The van der Waals surface area contributed by atoms with Crippen LogP contribution in [0.25, 0.3) is 5.69 Å². The average Bonchev–Trinajstić information content (AvgIpc) is 2.94. The van der Waals surface area contributed by atoms with Crippen molar-refractivity contribution in [2.75, 3.05) is 0 Å². The number of rotatable bonds is 3. The fourth-order valence-electron chi connectivity index (χ4n) is 1.59. The van der Waals surface area contributed by atoms with Crippen LogP contribution in [0.5, 0.6) is 11.9 Å². The highest BCUT2D eigenvalue weighted by molar-refractivity contribution is 6.42. The van der Waals surface area contributed by atoms with E-state index in [0.717, 1.165) is 5.69 Å². The van der Waals surface area contributed by atoms with Gasteiger partial charge in [0.05, 0.1) is 10.7 Å². The molecule has 5 nitrogen and oxygen atoms in total. The maximum absolute atomic E-state index is 5.98. The highest BCUT2D eigenvalue weighted by atomic mass is 35.5. The van der Waals surface area contributed by atoms with Crippen molar-refractivity contribution in [2.24, 2.45) is 0 Å². The quantitative estimate of drug-likeness (QED) is 0.662. The van der Waals surface area contributed by atoms with Crippen LogP contribution in [0.1, 0.15) is 0 Å². The van der Waals surface area contributed by atoms with Crippen molar-refractivity contribution in [1.29, 1.82) is 0 Å². The Labute approximate surface area is 135 Å². The number of ether oxygens (including phenoxy) is 1. The van der Waals surface area contributed by atoms with Gasteiger partial charge in [-0.3, -0.25) is 0 Å². The lowest BCUT2D eigenvalue weighted by atomic mass is 10.3. The fourth-order valence-corrected chi connectivity index (χ4v) is 2.11. The molecule has 0 atom stereocenters. The number of para-hydroxylation sites is 1. The summed E-state index contributed by atoms with van der Waals surface area (Å²) in [5.41, 5.74) is 0.855. The first-order chi connectivity index (χ1) is 10.1. The zero-order valence-electron chi connectivity index (χ0n) is 10.4. The number of hydrogen-bond donors (Lipinski definition) is 0. The van der Waals surface area contributed by atoms with Crippen LogP contribution in [-0.2, 0) is 0 Å². The van der Waals surface area contributed by atoms with Gasteiger partial charge in [0.2, 0.25) is 5.88 Å².